The molecule has 2 unspecified atom stereocenters. The third-order valence-corrected chi connectivity index (χ3v) is 3.68. The summed E-state index contributed by atoms with van der Waals surface area (Å²) in [5, 5.41) is 3.63. The molecule has 0 bridgehead atoms. The van der Waals surface area contributed by atoms with Crippen LogP contribution >= 0.6 is 0 Å². The van der Waals surface area contributed by atoms with Gasteiger partial charge in [0, 0.05) is 31.0 Å². The molecule has 3 nitrogen and oxygen atoms in total. The number of nitrogens with zero attached hydrogens (tertiary/aromatic N) is 2. The number of imidazole rings is 1. The molecule has 0 saturated heterocycles. The van der Waals surface area contributed by atoms with Gasteiger partial charge in [-0.1, -0.05) is 38.1 Å². The monoisotopic (exact) mass is 271 g/mol. The van der Waals surface area contributed by atoms with Crippen molar-refractivity contribution >= 4 is 0 Å². The van der Waals surface area contributed by atoms with Gasteiger partial charge in [-0.3, -0.25) is 0 Å². The second-order valence-electron chi connectivity index (χ2n) is 5.87. The van der Waals surface area contributed by atoms with Gasteiger partial charge in [0.05, 0.1) is 6.33 Å². The van der Waals surface area contributed by atoms with Gasteiger partial charge < -0.3 is 9.88 Å². The first-order valence-corrected chi connectivity index (χ1v) is 7.38. The normalized spacial score (nSPS) is 14.4. The van der Waals surface area contributed by atoms with Crippen LogP contribution in [0.1, 0.15) is 50.8 Å². The molecule has 108 valence electrons. The summed E-state index contributed by atoms with van der Waals surface area (Å²) >= 11 is 0. The van der Waals surface area contributed by atoms with Crippen molar-refractivity contribution in [1.82, 2.24) is 14.9 Å². The van der Waals surface area contributed by atoms with E-state index >= 15 is 0 Å². The summed E-state index contributed by atoms with van der Waals surface area (Å²) in [6.45, 7) is 9.82. The van der Waals surface area contributed by atoms with E-state index < -0.39 is 0 Å². The van der Waals surface area contributed by atoms with E-state index in [1.807, 2.05) is 18.7 Å². The average molecular weight is 271 g/mol. The molecule has 1 N–H and O–H groups in total. The molecule has 0 aliphatic carbocycles. The molecule has 1 heterocycles. The SMILES string of the molecule is CC(Cn1ccnc1)NC(C)c1ccc(C(C)C)cc1. The van der Waals surface area contributed by atoms with Gasteiger partial charge in [0.15, 0.2) is 0 Å². The summed E-state index contributed by atoms with van der Waals surface area (Å²) < 4.78 is 2.10. The minimum absolute atomic E-state index is 0.356. The zero-order valence-electron chi connectivity index (χ0n) is 12.9. The summed E-state index contributed by atoms with van der Waals surface area (Å²) in [5.41, 5.74) is 2.74. The molecule has 2 atom stereocenters. The zero-order valence-corrected chi connectivity index (χ0v) is 12.9. The molecule has 0 saturated carbocycles. The number of rotatable bonds is 6. The molecule has 1 aromatic carbocycles. The average Bonchev–Trinajstić information content (AvgIpc) is 2.91. The van der Waals surface area contributed by atoms with E-state index in [1.54, 1.807) is 0 Å². The Morgan fingerprint density at radius 1 is 1.05 bits per heavy atom. The maximum Gasteiger partial charge on any atom is 0.0946 e. The van der Waals surface area contributed by atoms with Crippen LogP contribution in [-0.2, 0) is 6.54 Å². The lowest BCUT2D eigenvalue weighted by Gasteiger charge is -2.21. The fourth-order valence-corrected chi connectivity index (χ4v) is 2.46. The van der Waals surface area contributed by atoms with Gasteiger partial charge in [-0.2, -0.15) is 0 Å². The highest BCUT2D eigenvalue weighted by molar-refractivity contribution is 5.26. The van der Waals surface area contributed by atoms with E-state index in [0.29, 0.717) is 18.0 Å². The van der Waals surface area contributed by atoms with Crippen LogP contribution in [0.5, 0.6) is 0 Å². The van der Waals surface area contributed by atoms with Crippen molar-refractivity contribution < 1.29 is 0 Å². The van der Waals surface area contributed by atoms with Gasteiger partial charge in [0.25, 0.3) is 0 Å². The van der Waals surface area contributed by atoms with Crippen LogP contribution in [-0.4, -0.2) is 15.6 Å². The largest absolute Gasteiger partial charge is 0.336 e. The van der Waals surface area contributed by atoms with E-state index in [1.165, 1.54) is 11.1 Å². The number of hydrogen-bond donors (Lipinski definition) is 1. The lowest BCUT2D eigenvalue weighted by Crippen LogP contribution is -2.32. The smallest absolute Gasteiger partial charge is 0.0946 e. The second-order valence-corrected chi connectivity index (χ2v) is 5.87. The lowest BCUT2D eigenvalue weighted by atomic mass is 9.99. The third kappa shape index (κ3) is 3.94. The molecular formula is C17H25N3. The number of benzene rings is 1. The van der Waals surface area contributed by atoms with Crippen LogP contribution in [0.15, 0.2) is 43.0 Å². The molecule has 1 aromatic heterocycles. The van der Waals surface area contributed by atoms with Gasteiger partial charge in [0.2, 0.25) is 0 Å². The Morgan fingerprint density at radius 3 is 2.25 bits per heavy atom. The predicted octanol–water partition coefficient (Wildman–Crippen LogP) is 3.75. The number of aromatic nitrogens is 2. The van der Waals surface area contributed by atoms with Crippen molar-refractivity contribution in [1.29, 1.82) is 0 Å². The van der Waals surface area contributed by atoms with Gasteiger partial charge in [-0.15, -0.1) is 0 Å². The van der Waals surface area contributed by atoms with Crippen LogP contribution in [0.3, 0.4) is 0 Å². The molecule has 0 aliphatic rings. The Kier molecular flexibility index (Phi) is 4.96. The Labute approximate surface area is 122 Å². The van der Waals surface area contributed by atoms with E-state index in [0.717, 1.165) is 6.54 Å². The van der Waals surface area contributed by atoms with E-state index in [2.05, 4.69) is 66.8 Å². The van der Waals surface area contributed by atoms with Crippen LogP contribution in [0, 0.1) is 0 Å². The van der Waals surface area contributed by atoms with E-state index in [9.17, 15) is 0 Å². The van der Waals surface area contributed by atoms with E-state index in [4.69, 9.17) is 0 Å². The molecule has 0 amide bonds. The van der Waals surface area contributed by atoms with Crippen molar-refractivity contribution in [3.63, 3.8) is 0 Å². The summed E-state index contributed by atoms with van der Waals surface area (Å²) in [7, 11) is 0. The Balaban J connectivity index is 1.92. The molecule has 0 fully saturated rings. The molecule has 2 aromatic rings. The van der Waals surface area contributed by atoms with Crippen LogP contribution in [0.4, 0.5) is 0 Å². The highest BCUT2D eigenvalue weighted by atomic mass is 15.1. The maximum atomic E-state index is 4.07. The summed E-state index contributed by atoms with van der Waals surface area (Å²) in [6.07, 6.45) is 5.68. The quantitative estimate of drug-likeness (QED) is 0.867. The van der Waals surface area contributed by atoms with Crippen molar-refractivity contribution in [3.05, 3.63) is 54.1 Å². The standard InChI is InChI=1S/C17H25N3/c1-13(2)16-5-7-17(8-6-16)15(4)19-14(3)11-20-10-9-18-12-20/h5-10,12-15,19H,11H2,1-4H3. The fourth-order valence-electron chi connectivity index (χ4n) is 2.46. The van der Waals surface area contributed by atoms with Crippen LogP contribution < -0.4 is 5.32 Å². The lowest BCUT2D eigenvalue weighted by molar-refractivity contribution is 0.430. The van der Waals surface area contributed by atoms with Gasteiger partial charge in [-0.05, 0) is 30.9 Å². The second kappa shape index (κ2) is 6.71. The van der Waals surface area contributed by atoms with Crippen LogP contribution in [0.2, 0.25) is 0 Å². The third-order valence-electron chi connectivity index (χ3n) is 3.68. The Hall–Kier alpha value is -1.61. The summed E-state index contributed by atoms with van der Waals surface area (Å²) in [4.78, 5) is 4.07. The molecule has 0 aliphatic heterocycles. The first-order valence-electron chi connectivity index (χ1n) is 7.38. The highest BCUT2D eigenvalue weighted by Gasteiger charge is 2.10. The molecular weight excluding hydrogens is 246 g/mol. The zero-order chi connectivity index (χ0) is 14.5. The first-order chi connectivity index (χ1) is 9.56. The fraction of sp³-hybridized carbons (Fsp3) is 0.471. The summed E-state index contributed by atoms with van der Waals surface area (Å²) in [5.74, 6) is 0.590. The first kappa shape index (κ1) is 14.8. The molecule has 0 radical (unpaired) electrons. The minimum Gasteiger partial charge on any atom is -0.336 e. The number of nitrogens with one attached hydrogen (secondary N) is 1. The van der Waals surface area contributed by atoms with Crippen molar-refractivity contribution in [3.8, 4) is 0 Å². The van der Waals surface area contributed by atoms with E-state index in [-0.39, 0.29) is 0 Å². The van der Waals surface area contributed by atoms with Crippen molar-refractivity contribution in [2.24, 2.45) is 0 Å². The maximum absolute atomic E-state index is 4.07. The van der Waals surface area contributed by atoms with Crippen molar-refractivity contribution in [2.45, 2.75) is 52.2 Å². The van der Waals surface area contributed by atoms with Gasteiger partial charge in [-0.25, -0.2) is 4.98 Å². The number of hydrogen-bond acceptors (Lipinski definition) is 2. The van der Waals surface area contributed by atoms with Gasteiger partial charge >= 0.3 is 0 Å². The molecule has 20 heavy (non-hydrogen) atoms. The topological polar surface area (TPSA) is 29.9 Å². The van der Waals surface area contributed by atoms with Crippen LogP contribution in [0.25, 0.3) is 0 Å². The molecule has 3 heteroatoms. The summed E-state index contributed by atoms with van der Waals surface area (Å²) in [6, 6.07) is 9.70. The predicted molar refractivity (Wildman–Crippen MR) is 83.8 cm³/mol. The van der Waals surface area contributed by atoms with Gasteiger partial charge in [0.1, 0.15) is 0 Å². The minimum atomic E-state index is 0.356. The van der Waals surface area contributed by atoms with Crippen molar-refractivity contribution in [2.75, 3.05) is 0 Å². The molecule has 2 rings (SSSR count). The Bertz CT molecular complexity index is 500. The highest BCUT2D eigenvalue weighted by Crippen LogP contribution is 2.19. The molecule has 0 spiro atoms. The Morgan fingerprint density at radius 2 is 1.70 bits per heavy atom.